The molecule has 170 valence electrons. The summed E-state index contributed by atoms with van der Waals surface area (Å²) in [4.78, 5) is 22.7. The molecule has 11 heteroatoms. The van der Waals surface area contributed by atoms with Crippen LogP contribution in [-0.4, -0.2) is 54.9 Å². The second-order valence-electron chi connectivity index (χ2n) is 8.17. The lowest BCUT2D eigenvalue weighted by Crippen LogP contribution is -2.26. The van der Waals surface area contributed by atoms with E-state index in [0.29, 0.717) is 31.1 Å². The van der Waals surface area contributed by atoms with E-state index in [0.717, 1.165) is 35.3 Å². The zero-order valence-corrected chi connectivity index (χ0v) is 18.6. The number of hydrogen-bond acceptors (Lipinski definition) is 9. The number of anilines is 1. The fraction of sp³-hybridized carbons (Fsp3) is 0.348. The molecule has 11 nitrogen and oxygen atoms in total. The Morgan fingerprint density at radius 2 is 2.18 bits per heavy atom. The molecule has 0 amide bonds. The predicted molar refractivity (Wildman–Crippen MR) is 122 cm³/mol. The second kappa shape index (κ2) is 9.25. The summed E-state index contributed by atoms with van der Waals surface area (Å²) >= 11 is 0. The minimum absolute atomic E-state index is 0.112. The first-order valence-corrected chi connectivity index (χ1v) is 10.9. The van der Waals surface area contributed by atoms with Crippen molar-refractivity contribution >= 4 is 16.9 Å². The molecule has 0 saturated carbocycles. The summed E-state index contributed by atoms with van der Waals surface area (Å²) in [6, 6.07) is 6.29. The number of hydrogen-bond donors (Lipinski definition) is 1. The maximum Gasteiger partial charge on any atom is 0.183 e. The van der Waals surface area contributed by atoms with Gasteiger partial charge in [0.05, 0.1) is 48.9 Å². The Labute approximate surface area is 195 Å². The molecule has 2 unspecified atom stereocenters. The molecule has 5 rings (SSSR count). The van der Waals surface area contributed by atoms with E-state index in [2.05, 4.69) is 47.1 Å². The van der Waals surface area contributed by atoms with Crippen LogP contribution < -0.4 is 4.90 Å². The molecule has 1 aliphatic heterocycles. The number of aromatic nitrogens is 7. The van der Waals surface area contributed by atoms with Crippen molar-refractivity contribution in [2.45, 2.75) is 25.5 Å². The zero-order valence-electron chi connectivity index (χ0n) is 18.6. The standard InChI is InChI=1S/C23H22N10O/c1-34-13-17-10-27-23(19(8-25)31-17)32-7-4-15(11-32)20(2-5-24)33-12-16(9-30-33)21-18-3-6-26-22(18)29-14-28-21/h3,6,9-10,12,14-15,20H,2,4,7,11,13H2,1H3,(H,26,28,29). The number of nitriles is 2. The van der Waals surface area contributed by atoms with Crippen molar-refractivity contribution in [3.63, 3.8) is 0 Å². The summed E-state index contributed by atoms with van der Waals surface area (Å²) in [5.74, 6) is 0.731. The number of ether oxygens (including phenoxy) is 1. The average Bonchev–Trinajstić information content (AvgIpc) is 3.63. The Morgan fingerprint density at radius 3 is 3.00 bits per heavy atom. The van der Waals surface area contributed by atoms with Crippen molar-refractivity contribution in [2.75, 3.05) is 25.1 Å². The highest BCUT2D eigenvalue weighted by Gasteiger charge is 2.33. The highest BCUT2D eigenvalue weighted by Crippen LogP contribution is 2.34. The normalized spacial score (nSPS) is 16.4. The molecule has 0 bridgehead atoms. The van der Waals surface area contributed by atoms with E-state index in [-0.39, 0.29) is 17.7 Å². The Kier molecular flexibility index (Phi) is 5.85. The summed E-state index contributed by atoms with van der Waals surface area (Å²) < 4.78 is 6.96. The molecule has 5 heterocycles. The van der Waals surface area contributed by atoms with Gasteiger partial charge in [-0.25, -0.2) is 19.9 Å². The van der Waals surface area contributed by atoms with E-state index in [4.69, 9.17) is 4.74 Å². The summed E-state index contributed by atoms with van der Waals surface area (Å²) in [5, 5.41) is 24.6. The van der Waals surface area contributed by atoms with Crippen LogP contribution in [0.4, 0.5) is 5.82 Å². The zero-order chi connectivity index (χ0) is 23.5. The first kappa shape index (κ1) is 21.5. The number of rotatable bonds is 7. The number of methoxy groups -OCH3 is 1. The van der Waals surface area contributed by atoms with Gasteiger partial charge in [0, 0.05) is 49.5 Å². The first-order chi connectivity index (χ1) is 16.7. The molecule has 1 aliphatic rings. The Balaban J connectivity index is 1.39. The highest BCUT2D eigenvalue weighted by atomic mass is 16.5. The molecule has 2 atom stereocenters. The molecule has 0 radical (unpaired) electrons. The van der Waals surface area contributed by atoms with Crippen molar-refractivity contribution < 1.29 is 4.74 Å². The molecule has 34 heavy (non-hydrogen) atoms. The van der Waals surface area contributed by atoms with Crippen molar-refractivity contribution in [1.29, 1.82) is 10.5 Å². The van der Waals surface area contributed by atoms with Crippen molar-refractivity contribution in [3.05, 3.63) is 48.6 Å². The van der Waals surface area contributed by atoms with Crippen molar-refractivity contribution in [1.82, 2.24) is 34.7 Å². The van der Waals surface area contributed by atoms with E-state index < -0.39 is 0 Å². The van der Waals surface area contributed by atoms with Crippen LogP contribution in [0, 0.1) is 28.6 Å². The number of fused-ring (bicyclic) bond motifs is 1. The van der Waals surface area contributed by atoms with E-state index in [1.54, 1.807) is 19.5 Å². The lowest BCUT2D eigenvalue weighted by Gasteiger charge is -2.23. The van der Waals surface area contributed by atoms with Crippen molar-refractivity contribution in [3.8, 4) is 23.4 Å². The minimum Gasteiger partial charge on any atom is -0.378 e. The maximum atomic E-state index is 9.59. The number of nitrogens with one attached hydrogen (secondary N) is 1. The summed E-state index contributed by atoms with van der Waals surface area (Å²) in [5.41, 5.74) is 3.34. The van der Waals surface area contributed by atoms with E-state index in [1.165, 1.54) is 6.33 Å². The van der Waals surface area contributed by atoms with Crippen molar-refractivity contribution in [2.24, 2.45) is 5.92 Å². The fourth-order valence-corrected chi connectivity index (χ4v) is 4.55. The molecule has 0 spiro atoms. The largest absolute Gasteiger partial charge is 0.378 e. The van der Waals surface area contributed by atoms with Crippen LogP contribution in [0.25, 0.3) is 22.3 Å². The molecular weight excluding hydrogens is 432 g/mol. The highest BCUT2D eigenvalue weighted by molar-refractivity contribution is 5.89. The molecule has 4 aromatic rings. The minimum atomic E-state index is -0.112. The number of nitrogens with zero attached hydrogens (tertiary/aromatic N) is 9. The van der Waals surface area contributed by atoms with Gasteiger partial charge in [-0.3, -0.25) is 4.68 Å². The van der Waals surface area contributed by atoms with Crippen LogP contribution in [0.1, 0.15) is 30.3 Å². The van der Waals surface area contributed by atoms with Crippen LogP contribution in [0.2, 0.25) is 0 Å². The predicted octanol–water partition coefficient (Wildman–Crippen LogP) is 2.61. The van der Waals surface area contributed by atoms with Gasteiger partial charge in [-0.2, -0.15) is 15.6 Å². The third-order valence-electron chi connectivity index (χ3n) is 6.14. The topological polar surface area (TPSA) is 145 Å². The van der Waals surface area contributed by atoms with Crippen LogP contribution >= 0.6 is 0 Å². The van der Waals surface area contributed by atoms with E-state index in [1.807, 2.05) is 23.1 Å². The number of aromatic amines is 1. The van der Waals surface area contributed by atoms with E-state index >= 15 is 0 Å². The fourth-order valence-electron chi connectivity index (χ4n) is 4.55. The van der Waals surface area contributed by atoms with Gasteiger partial charge in [-0.1, -0.05) is 0 Å². The molecule has 1 N–H and O–H groups in total. The molecule has 1 fully saturated rings. The number of H-pyrrole nitrogens is 1. The lowest BCUT2D eigenvalue weighted by atomic mass is 9.96. The van der Waals surface area contributed by atoms with Gasteiger partial charge in [0.15, 0.2) is 11.5 Å². The summed E-state index contributed by atoms with van der Waals surface area (Å²) in [6.45, 7) is 1.69. The van der Waals surface area contributed by atoms with Gasteiger partial charge in [-0.05, 0) is 12.5 Å². The lowest BCUT2D eigenvalue weighted by molar-refractivity contribution is 0.181. The smallest absolute Gasteiger partial charge is 0.183 e. The summed E-state index contributed by atoms with van der Waals surface area (Å²) in [7, 11) is 1.58. The van der Waals surface area contributed by atoms with Crippen LogP contribution in [-0.2, 0) is 11.3 Å². The van der Waals surface area contributed by atoms with Crippen LogP contribution in [0.5, 0.6) is 0 Å². The maximum absolute atomic E-state index is 9.59. The Morgan fingerprint density at radius 1 is 1.26 bits per heavy atom. The SMILES string of the molecule is COCc1cnc(N2CCC(C(CC#N)n3cc(-c4ncnc5[nH]ccc45)cn3)C2)c(C#N)n1. The van der Waals surface area contributed by atoms with Gasteiger partial charge in [0.25, 0.3) is 0 Å². The quantitative estimate of drug-likeness (QED) is 0.445. The van der Waals surface area contributed by atoms with Gasteiger partial charge < -0.3 is 14.6 Å². The van der Waals surface area contributed by atoms with E-state index in [9.17, 15) is 10.5 Å². The Hall–Kier alpha value is -4.35. The van der Waals surface area contributed by atoms with Gasteiger partial charge in [0.2, 0.25) is 0 Å². The molecular formula is C23H22N10O. The molecule has 1 saturated heterocycles. The second-order valence-corrected chi connectivity index (χ2v) is 8.17. The third-order valence-corrected chi connectivity index (χ3v) is 6.14. The average molecular weight is 454 g/mol. The van der Waals surface area contributed by atoms with Gasteiger partial charge in [0.1, 0.15) is 18.0 Å². The van der Waals surface area contributed by atoms with Crippen LogP contribution in [0.3, 0.4) is 0 Å². The van der Waals surface area contributed by atoms with Gasteiger partial charge >= 0.3 is 0 Å². The van der Waals surface area contributed by atoms with Gasteiger partial charge in [-0.15, -0.1) is 0 Å². The van der Waals surface area contributed by atoms with Crippen LogP contribution in [0.15, 0.2) is 37.2 Å². The monoisotopic (exact) mass is 454 g/mol. The third kappa shape index (κ3) is 3.93. The summed E-state index contributed by atoms with van der Waals surface area (Å²) in [6.07, 6.45) is 9.90. The first-order valence-electron chi connectivity index (χ1n) is 10.9. The molecule has 0 aliphatic carbocycles. The molecule has 4 aromatic heterocycles. The Bertz CT molecular complexity index is 1390. The molecule has 0 aromatic carbocycles.